The first-order valence-electron chi connectivity index (χ1n) is 8.55. The van der Waals surface area contributed by atoms with Crippen molar-refractivity contribution in [3.63, 3.8) is 0 Å². The van der Waals surface area contributed by atoms with Gasteiger partial charge in [0.25, 0.3) is 5.91 Å². The fourth-order valence-electron chi connectivity index (χ4n) is 2.52. The zero-order valence-electron chi connectivity index (χ0n) is 15.3. The Hall–Kier alpha value is -3.59. The molecule has 0 spiro atoms. The molecule has 0 aliphatic carbocycles. The third kappa shape index (κ3) is 5.45. The number of hydrazone groups is 1. The number of ether oxygens (including phenoxy) is 1. The van der Waals surface area contributed by atoms with Gasteiger partial charge in [0.2, 0.25) is 11.9 Å². The first kappa shape index (κ1) is 20.2. The molecule has 10 heteroatoms. The summed E-state index contributed by atoms with van der Waals surface area (Å²) in [5.74, 6) is -0.0841. The Labute approximate surface area is 171 Å². The number of nitrogens with zero attached hydrogens (tertiary/aromatic N) is 2. The Morgan fingerprint density at radius 1 is 1.34 bits per heavy atom. The predicted octanol–water partition coefficient (Wildman–Crippen LogP) is 1.86. The van der Waals surface area contributed by atoms with E-state index in [9.17, 15) is 14.7 Å². The van der Waals surface area contributed by atoms with E-state index < -0.39 is 17.9 Å². The number of carbonyl (C=O) groups excluding carboxylic acids is 2. The average molecular weight is 416 g/mol. The summed E-state index contributed by atoms with van der Waals surface area (Å²) in [4.78, 5) is 28.5. The molecule has 1 aliphatic rings. The molecule has 0 radical (unpaired) electrons. The lowest BCUT2D eigenvalue weighted by Gasteiger charge is -2.11. The van der Waals surface area contributed by atoms with Crippen molar-refractivity contribution in [2.75, 3.05) is 12.4 Å². The van der Waals surface area contributed by atoms with Crippen LogP contribution in [0.4, 0.5) is 5.69 Å². The second-order valence-corrected chi connectivity index (χ2v) is 6.48. The number of halogens is 1. The first-order valence-corrected chi connectivity index (χ1v) is 8.92. The minimum absolute atomic E-state index is 0.142. The molecule has 0 saturated carbocycles. The van der Waals surface area contributed by atoms with Gasteiger partial charge in [0.15, 0.2) is 0 Å². The van der Waals surface area contributed by atoms with E-state index in [0.717, 1.165) is 5.56 Å². The zero-order valence-corrected chi connectivity index (χ0v) is 16.1. The average Bonchev–Trinajstić information content (AvgIpc) is 3.02. The Kier molecular flexibility index (Phi) is 6.30. The van der Waals surface area contributed by atoms with Crippen molar-refractivity contribution in [2.24, 2.45) is 10.1 Å². The highest BCUT2D eigenvalue weighted by Crippen LogP contribution is 2.27. The number of methoxy groups -OCH3 is 1. The van der Waals surface area contributed by atoms with E-state index in [1.807, 2.05) is 0 Å². The van der Waals surface area contributed by atoms with Crippen LogP contribution in [0.15, 0.2) is 52.6 Å². The molecule has 0 bridgehead atoms. The molecule has 3 rings (SSSR count). The van der Waals surface area contributed by atoms with E-state index in [-0.39, 0.29) is 18.1 Å². The summed E-state index contributed by atoms with van der Waals surface area (Å²) < 4.78 is 5.18. The van der Waals surface area contributed by atoms with Gasteiger partial charge in [-0.05, 0) is 48.0 Å². The first-order chi connectivity index (χ1) is 13.9. The molecule has 4 N–H and O–H groups in total. The van der Waals surface area contributed by atoms with Crippen molar-refractivity contribution < 1.29 is 19.4 Å². The van der Waals surface area contributed by atoms with E-state index in [1.54, 1.807) is 30.3 Å². The molecule has 2 amide bonds. The Morgan fingerprint density at radius 3 is 2.83 bits per heavy atom. The molecule has 0 aromatic heterocycles. The number of hydrogen-bond acceptors (Lipinski definition) is 7. The molecule has 9 nitrogen and oxygen atoms in total. The normalized spacial score (nSPS) is 15.7. The second kappa shape index (κ2) is 9.07. The van der Waals surface area contributed by atoms with Gasteiger partial charge in [-0.25, -0.2) is 10.4 Å². The van der Waals surface area contributed by atoms with Crippen molar-refractivity contribution in [1.82, 2.24) is 10.7 Å². The predicted molar refractivity (Wildman–Crippen MR) is 109 cm³/mol. The fraction of sp³-hybridized carbons (Fsp3) is 0.158. The number of phenolic OH excluding ortho intramolecular Hbond substituents is 1. The van der Waals surface area contributed by atoms with Gasteiger partial charge in [0.1, 0.15) is 17.5 Å². The number of anilines is 1. The monoisotopic (exact) mass is 415 g/mol. The van der Waals surface area contributed by atoms with Crippen LogP contribution in [0.5, 0.6) is 11.5 Å². The largest absolute Gasteiger partial charge is 0.508 e. The quantitative estimate of drug-likeness (QED) is 0.423. The molecule has 1 heterocycles. The van der Waals surface area contributed by atoms with Crippen molar-refractivity contribution in [1.29, 1.82) is 0 Å². The topological polar surface area (TPSA) is 124 Å². The van der Waals surface area contributed by atoms with Crippen LogP contribution in [-0.4, -0.2) is 42.2 Å². The molecule has 1 unspecified atom stereocenters. The van der Waals surface area contributed by atoms with E-state index in [2.05, 4.69) is 26.2 Å². The fourth-order valence-corrected chi connectivity index (χ4v) is 2.70. The number of guanidine groups is 1. The summed E-state index contributed by atoms with van der Waals surface area (Å²) in [6.07, 6.45) is 1.34. The minimum atomic E-state index is -0.883. The number of aromatic hydroxyl groups is 1. The lowest BCUT2D eigenvalue weighted by molar-refractivity contribution is -0.123. The summed E-state index contributed by atoms with van der Waals surface area (Å²) in [7, 11) is 1.48. The molecular formula is C19H18ClN5O4. The van der Waals surface area contributed by atoms with Crippen molar-refractivity contribution in [3.8, 4) is 11.5 Å². The number of nitrogens with one attached hydrogen (secondary N) is 3. The Bertz CT molecular complexity index is 975. The molecule has 1 atom stereocenters. The molecule has 2 aromatic carbocycles. The van der Waals surface area contributed by atoms with Gasteiger partial charge in [-0.2, -0.15) is 5.10 Å². The van der Waals surface area contributed by atoms with Crippen LogP contribution in [0.25, 0.3) is 0 Å². The van der Waals surface area contributed by atoms with Crippen LogP contribution in [0, 0.1) is 0 Å². The van der Waals surface area contributed by atoms with Crippen LogP contribution in [-0.2, 0) is 9.59 Å². The standard InChI is InChI=1S/C19H18ClN5O4/c1-29-16-7-4-12(20)8-14(16)22-17(27)9-15-18(28)24-19(23-15)25-21-10-11-2-5-13(26)6-3-11/h2-8,10,15,26H,9H2,1H3,(H,22,27)(H2,23,24,25,28)/b21-10+. The molecule has 1 aliphatic heterocycles. The van der Waals surface area contributed by atoms with Gasteiger partial charge < -0.3 is 15.2 Å². The highest BCUT2D eigenvalue weighted by atomic mass is 35.5. The smallest absolute Gasteiger partial charge is 0.252 e. The highest BCUT2D eigenvalue weighted by Gasteiger charge is 2.28. The molecule has 0 fully saturated rings. The number of phenols is 1. The summed E-state index contributed by atoms with van der Waals surface area (Å²) >= 11 is 5.94. The van der Waals surface area contributed by atoms with Crippen molar-refractivity contribution in [3.05, 3.63) is 53.1 Å². The van der Waals surface area contributed by atoms with Gasteiger partial charge in [-0.1, -0.05) is 11.6 Å². The maximum atomic E-state index is 12.3. The van der Waals surface area contributed by atoms with Crippen LogP contribution in [0.1, 0.15) is 12.0 Å². The van der Waals surface area contributed by atoms with Gasteiger partial charge in [-0.3, -0.25) is 14.9 Å². The highest BCUT2D eigenvalue weighted by molar-refractivity contribution is 6.31. The summed E-state index contributed by atoms with van der Waals surface area (Å²) in [6.45, 7) is 0. The number of benzene rings is 2. The van der Waals surface area contributed by atoms with Gasteiger partial charge in [0, 0.05) is 5.02 Å². The van der Waals surface area contributed by atoms with Crippen LogP contribution in [0.3, 0.4) is 0 Å². The van der Waals surface area contributed by atoms with Gasteiger partial charge in [-0.15, -0.1) is 0 Å². The Morgan fingerprint density at radius 2 is 2.10 bits per heavy atom. The molecule has 29 heavy (non-hydrogen) atoms. The Balaban J connectivity index is 1.57. The molecular weight excluding hydrogens is 398 g/mol. The van der Waals surface area contributed by atoms with E-state index in [1.165, 1.54) is 25.5 Å². The number of rotatable bonds is 6. The lowest BCUT2D eigenvalue weighted by Crippen LogP contribution is -2.35. The van der Waals surface area contributed by atoms with E-state index in [4.69, 9.17) is 16.3 Å². The molecule has 0 saturated heterocycles. The molecule has 150 valence electrons. The zero-order chi connectivity index (χ0) is 20.8. The van der Waals surface area contributed by atoms with Crippen LogP contribution in [0.2, 0.25) is 5.02 Å². The van der Waals surface area contributed by atoms with E-state index in [0.29, 0.717) is 16.5 Å². The van der Waals surface area contributed by atoms with Gasteiger partial charge >= 0.3 is 0 Å². The third-order valence-corrected chi connectivity index (χ3v) is 4.16. The minimum Gasteiger partial charge on any atom is -0.508 e. The van der Waals surface area contributed by atoms with Gasteiger partial charge in [0.05, 0.1) is 25.4 Å². The maximum Gasteiger partial charge on any atom is 0.252 e. The summed E-state index contributed by atoms with van der Waals surface area (Å²) in [6, 6.07) is 10.3. The van der Waals surface area contributed by atoms with Crippen molar-refractivity contribution in [2.45, 2.75) is 12.5 Å². The van der Waals surface area contributed by atoms with Crippen LogP contribution >= 0.6 is 11.6 Å². The number of carbonyl (C=O) groups is 2. The second-order valence-electron chi connectivity index (χ2n) is 6.04. The van der Waals surface area contributed by atoms with E-state index >= 15 is 0 Å². The summed E-state index contributed by atoms with van der Waals surface area (Å²) in [5.41, 5.74) is 3.76. The van der Waals surface area contributed by atoms with Crippen LogP contribution < -0.4 is 20.8 Å². The third-order valence-electron chi connectivity index (χ3n) is 3.92. The number of aliphatic imine (C=N–C) groups is 1. The summed E-state index contributed by atoms with van der Waals surface area (Å²) in [5, 5.41) is 18.8. The SMILES string of the molecule is COc1ccc(Cl)cc1NC(=O)CC1N=C(N/N=C/c2ccc(O)cc2)NC1=O. The number of hydrogen-bond donors (Lipinski definition) is 4. The van der Waals surface area contributed by atoms with Crippen molar-refractivity contribution >= 4 is 41.3 Å². The lowest BCUT2D eigenvalue weighted by atomic mass is 10.2. The molecule has 2 aromatic rings. The number of amides is 2. The maximum absolute atomic E-state index is 12.3.